The van der Waals surface area contributed by atoms with E-state index in [1.54, 1.807) is 37.6 Å². The molecular formula is C19H17N2O2+. The van der Waals surface area contributed by atoms with E-state index in [9.17, 15) is 4.79 Å². The van der Waals surface area contributed by atoms with Gasteiger partial charge in [-0.3, -0.25) is 4.79 Å². The molecule has 0 aliphatic heterocycles. The Morgan fingerprint density at radius 2 is 1.83 bits per heavy atom. The zero-order valence-electron chi connectivity index (χ0n) is 12.8. The van der Waals surface area contributed by atoms with Gasteiger partial charge in [-0.1, -0.05) is 6.07 Å². The van der Waals surface area contributed by atoms with E-state index in [0.717, 1.165) is 17.1 Å². The van der Waals surface area contributed by atoms with Crippen molar-refractivity contribution in [1.29, 1.82) is 0 Å². The molecule has 23 heavy (non-hydrogen) atoms. The number of hydrogen-bond acceptors (Lipinski definition) is 3. The lowest BCUT2D eigenvalue weighted by Crippen LogP contribution is -2.39. The average Bonchev–Trinajstić information content (AvgIpc) is 2.63. The molecule has 4 nitrogen and oxygen atoms in total. The molecule has 0 fully saturated rings. The number of Topliss-reactive ketones (excluding diaryl/α,β-unsaturated/α-hetero) is 1. The van der Waals surface area contributed by atoms with Crippen LogP contribution in [0, 0.1) is 0 Å². The van der Waals surface area contributed by atoms with Crippen molar-refractivity contribution in [3.05, 3.63) is 78.6 Å². The molecule has 0 aliphatic carbocycles. The van der Waals surface area contributed by atoms with Crippen LogP contribution in [0.15, 0.2) is 73.1 Å². The summed E-state index contributed by atoms with van der Waals surface area (Å²) in [6.45, 7) is 0.263. The highest BCUT2D eigenvalue weighted by Crippen LogP contribution is 2.13. The fraction of sp³-hybridized carbons (Fsp3) is 0.105. The van der Waals surface area contributed by atoms with Gasteiger partial charge in [0.1, 0.15) is 11.4 Å². The molecule has 2 heterocycles. The number of benzene rings is 1. The Morgan fingerprint density at radius 3 is 2.52 bits per heavy atom. The zero-order chi connectivity index (χ0) is 16.1. The predicted octanol–water partition coefficient (Wildman–Crippen LogP) is 2.93. The monoisotopic (exact) mass is 305 g/mol. The van der Waals surface area contributed by atoms with E-state index in [0.29, 0.717) is 5.56 Å². The minimum absolute atomic E-state index is 0.0426. The highest BCUT2D eigenvalue weighted by atomic mass is 16.5. The zero-order valence-corrected chi connectivity index (χ0v) is 12.8. The van der Waals surface area contributed by atoms with Gasteiger partial charge in [0.2, 0.25) is 18.0 Å². The van der Waals surface area contributed by atoms with Crippen LogP contribution in [0.2, 0.25) is 0 Å². The number of rotatable bonds is 5. The maximum atomic E-state index is 12.5. The van der Waals surface area contributed by atoms with Gasteiger partial charge >= 0.3 is 0 Å². The largest absolute Gasteiger partial charge is 0.497 e. The molecule has 0 saturated heterocycles. The van der Waals surface area contributed by atoms with Crippen LogP contribution in [-0.2, 0) is 6.54 Å². The highest BCUT2D eigenvalue weighted by Gasteiger charge is 2.18. The second kappa shape index (κ2) is 6.83. The highest BCUT2D eigenvalue weighted by molar-refractivity contribution is 5.95. The minimum Gasteiger partial charge on any atom is -0.497 e. The number of methoxy groups -OCH3 is 1. The number of hydrogen-bond donors (Lipinski definition) is 0. The first-order valence-electron chi connectivity index (χ1n) is 7.35. The smallest absolute Gasteiger partial charge is 0.231 e. The number of ether oxygens (including phenoxy) is 1. The average molecular weight is 305 g/mol. The molecule has 0 bridgehead atoms. The predicted molar refractivity (Wildman–Crippen MR) is 87.2 cm³/mol. The second-order valence-corrected chi connectivity index (χ2v) is 5.08. The van der Waals surface area contributed by atoms with Crippen LogP contribution < -0.4 is 9.30 Å². The van der Waals surface area contributed by atoms with E-state index in [2.05, 4.69) is 4.98 Å². The molecule has 114 valence electrons. The van der Waals surface area contributed by atoms with E-state index in [1.807, 2.05) is 47.2 Å². The second-order valence-electron chi connectivity index (χ2n) is 5.08. The number of pyridine rings is 2. The van der Waals surface area contributed by atoms with Crippen molar-refractivity contribution in [3.63, 3.8) is 0 Å². The van der Waals surface area contributed by atoms with Crippen LogP contribution in [0.25, 0.3) is 11.4 Å². The molecule has 0 saturated carbocycles. The van der Waals surface area contributed by atoms with Crippen LogP contribution in [-0.4, -0.2) is 17.9 Å². The Bertz CT molecular complexity index is 799. The summed E-state index contributed by atoms with van der Waals surface area (Å²) in [5, 5.41) is 0. The maximum absolute atomic E-state index is 12.5. The van der Waals surface area contributed by atoms with Crippen molar-refractivity contribution in [2.45, 2.75) is 6.54 Å². The van der Waals surface area contributed by atoms with Gasteiger partial charge < -0.3 is 4.74 Å². The van der Waals surface area contributed by atoms with Gasteiger partial charge in [-0.2, -0.15) is 4.57 Å². The van der Waals surface area contributed by atoms with E-state index < -0.39 is 0 Å². The molecular weight excluding hydrogens is 288 g/mol. The first-order chi connectivity index (χ1) is 11.3. The van der Waals surface area contributed by atoms with Gasteiger partial charge in [0, 0.05) is 23.9 Å². The standard InChI is InChI=1S/C19H17N2O2/c1-23-16-10-8-15(9-11-16)19(22)14-21-13-5-3-7-18(21)17-6-2-4-12-20-17/h2-13H,14H2,1H3/q+1. The summed E-state index contributed by atoms with van der Waals surface area (Å²) < 4.78 is 7.03. The van der Waals surface area contributed by atoms with Crippen LogP contribution in [0.3, 0.4) is 0 Å². The lowest BCUT2D eigenvalue weighted by molar-refractivity contribution is -0.672. The summed E-state index contributed by atoms with van der Waals surface area (Å²) in [7, 11) is 1.61. The molecule has 0 radical (unpaired) electrons. The third-order valence-electron chi connectivity index (χ3n) is 3.59. The normalized spacial score (nSPS) is 10.3. The van der Waals surface area contributed by atoms with Gasteiger partial charge in [-0.25, -0.2) is 4.98 Å². The fourth-order valence-electron chi connectivity index (χ4n) is 2.38. The van der Waals surface area contributed by atoms with Crippen LogP contribution in [0.1, 0.15) is 10.4 Å². The Hall–Kier alpha value is -3.01. The number of carbonyl (C=O) groups excluding carboxylic acids is 1. The summed E-state index contributed by atoms with van der Waals surface area (Å²) in [6.07, 6.45) is 3.64. The number of nitrogens with zero attached hydrogens (tertiary/aromatic N) is 2. The molecule has 0 atom stereocenters. The molecule has 0 N–H and O–H groups in total. The van der Waals surface area contributed by atoms with Gasteiger partial charge in [-0.05, 0) is 42.5 Å². The van der Waals surface area contributed by atoms with Crippen LogP contribution >= 0.6 is 0 Å². The molecule has 0 spiro atoms. The molecule has 0 amide bonds. The molecule has 3 rings (SSSR count). The van der Waals surface area contributed by atoms with Crippen molar-refractivity contribution in [1.82, 2.24) is 4.98 Å². The molecule has 0 aliphatic rings. The number of carbonyl (C=O) groups is 1. The summed E-state index contributed by atoms with van der Waals surface area (Å²) in [5.41, 5.74) is 2.42. The van der Waals surface area contributed by atoms with Crippen LogP contribution in [0.4, 0.5) is 0 Å². The Kier molecular flexibility index (Phi) is 4.43. The van der Waals surface area contributed by atoms with Crippen molar-refractivity contribution in [2.24, 2.45) is 0 Å². The maximum Gasteiger partial charge on any atom is 0.231 e. The third kappa shape index (κ3) is 3.43. The SMILES string of the molecule is COc1ccc(C(=O)C[n+]2ccccc2-c2ccccn2)cc1. The lowest BCUT2D eigenvalue weighted by atomic mass is 10.1. The van der Waals surface area contributed by atoms with Crippen molar-refractivity contribution >= 4 is 5.78 Å². The fourth-order valence-corrected chi connectivity index (χ4v) is 2.38. The van der Waals surface area contributed by atoms with Crippen molar-refractivity contribution in [2.75, 3.05) is 7.11 Å². The summed E-state index contributed by atoms with van der Waals surface area (Å²) in [6, 6.07) is 18.7. The Balaban J connectivity index is 1.86. The number of aromatic nitrogens is 2. The van der Waals surface area contributed by atoms with Crippen molar-refractivity contribution < 1.29 is 14.1 Å². The van der Waals surface area contributed by atoms with Gasteiger partial charge in [0.05, 0.1) is 7.11 Å². The van der Waals surface area contributed by atoms with Gasteiger partial charge in [0.15, 0.2) is 6.20 Å². The first-order valence-corrected chi connectivity index (χ1v) is 7.35. The summed E-state index contributed by atoms with van der Waals surface area (Å²) in [5.74, 6) is 0.782. The molecule has 1 aromatic carbocycles. The van der Waals surface area contributed by atoms with E-state index in [-0.39, 0.29) is 12.3 Å². The van der Waals surface area contributed by atoms with Gasteiger partial charge in [-0.15, -0.1) is 0 Å². The van der Waals surface area contributed by atoms with Crippen molar-refractivity contribution in [3.8, 4) is 17.1 Å². The topological polar surface area (TPSA) is 43.1 Å². The lowest BCUT2D eigenvalue weighted by Gasteiger charge is -2.04. The summed E-state index contributed by atoms with van der Waals surface area (Å²) >= 11 is 0. The molecule has 2 aromatic heterocycles. The molecule has 3 aromatic rings. The Labute approximate surface area is 135 Å². The van der Waals surface area contributed by atoms with E-state index in [1.165, 1.54) is 0 Å². The molecule has 0 unspecified atom stereocenters. The first kappa shape index (κ1) is 14.9. The third-order valence-corrected chi connectivity index (χ3v) is 3.59. The summed E-state index contributed by atoms with van der Waals surface area (Å²) in [4.78, 5) is 16.9. The van der Waals surface area contributed by atoms with Gasteiger partial charge in [0.25, 0.3) is 0 Å². The Morgan fingerprint density at radius 1 is 1.04 bits per heavy atom. The van der Waals surface area contributed by atoms with E-state index in [4.69, 9.17) is 4.74 Å². The quantitative estimate of drug-likeness (QED) is 0.538. The minimum atomic E-state index is 0.0426. The van der Waals surface area contributed by atoms with E-state index >= 15 is 0 Å². The van der Waals surface area contributed by atoms with Crippen LogP contribution in [0.5, 0.6) is 5.75 Å². The molecule has 4 heteroatoms. The number of ketones is 1.